The number of hydrogen-bond donors (Lipinski definition) is 3. The first-order valence-electron chi connectivity index (χ1n) is 23.5. The van der Waals surface area contributed by atoms with Gasteiger partial charge in [-0.3, -0.25) is 4.79 Å². The molecule has 1 amide bonds. The Labute approximate surface area is 363 Å². The van der Waals surface area contributed by atoms with Crippen LogP contribution in [0.2, 0.25) is 0 Å². The summed E-state index contributed by atoms with van der Waals surface area (Å²) in [4.78, 5) is 12.4. The van der Waals surface area contributed by atoms with E-state index in [0.717, 1.165) is 96.3 Å². The first kappa shape index (κ1) is 55.3. The number of aliphatic hydroxyl groups excluding tert-OH is 2. The van der Waals surface area contributed by atoms with E-state index in [1.165, 1.54) is 57.8 Å². The number of aliphatic hydroxyl groups is 2. The summed E-state index contributed by atoms with van der Waals surface area (Å²) >= 11 is 0. The Balaban J connectivity index is 3.83. The molecule has 0 aliphatic heterocycles. The maximum absolute atomic E-state index is 12.4. The molecule has 3 N–H and O–H groups in total. The molecule has 330 valence electrons. The van der Waals surface area contributed by atoms with Crippen molar-refractivity contribution in [2.45, 2.75) is 187 Å². The normalized spacial score (nSPS) is 14.3. The van der Waals surface area contributed by atoms with Gasteiger partial charge in [-0.25, -0.2) is 0 Å². The molecule has 0 spiro atoms. The van der Waals surface area contributed by atoms with Crippen LogP contribution in [-0.2, 0) is 4.79 Å². The average molecular weight is 810 g/mol. The quantitative estimate of drug-likeness (QED) is 0.0426. The highest BCUT2D eigenvalue weighted by Crippen LogP contribution is 2.10. The van der Waals surface area contributed by atoms with Crippen LogP contribution < -0.4 is 5.32 Å². The molecule has 2 unspecified atom stereocenters. The number of amides is 1. The fourth-order valence-electron chi connectivity index (χ4n) is 5.97. The lowest BCUT2D eigenvalue weighted by Gasteiger charge is -2.19. The zero-order valence-corrected chi connectivity index (χ0v) is 37.7. The number of carbonyl (C=O) groups excluding carboxylic acids is 1. The lowest BCUT2D eigenvalue weighted by atomic mass is 10.1. The molecular formula is C55H87NO3. The van der Waals surface area contributed by atoms with E-state index in [0.29, 0.717) is 6.42 Å². The molecule has 4 heteroatoms. The molecule has 0 aliphatic carbocycles. The molecule has 0 radical (unpaired) electrons. The van der Waals surface area contributed by atoms with E-state index in [2.05, 4.69) is 153 Å². The number of rotatable bonds is 40. The van der Waals surface area contributed by atoms with Crippen molar-refractivity contribution in [2.24, 2.45) is 0 Å². The molecule has 0 saturated heterocycles. The Morgan fingerprint density at radius 2 is 0.763 bits per heavy atom. The summed E-state index contributed by atoms with van der Waals surface area (Å²) in [6.07, 6.45) is 78.2. The summed E-state index contributed by atoms with van der Waals surface area (Å²) < 4.78 is 0. The molecule has 0 saturated carbocycles. The summed E-state index contributed by atoms with van der Waals surface area (Å²) in [7, 11) is 0. The molecule has 0 heterocycles. The van der Waals surface area contributed by atoms with Crippen LogP contribution in [-0.4, -0.2) is 34.9 Å². The van der Waals surface area contributed by atoms with Crippen LogP contribution in [0, 0.1) is 0 Å². The fourth-order valence-corrected chi connectivity index (χ4v) is 5.97. The number of hydrogen-bond acceptors (Lipinski definition) is 3. The molecule has 4 nitrogen and oxygen atoms in total. The number of unbranched alkanes of at least 4 members (excludes halogenated alkanes) is 11. The SMILES string of the molecule is CC/C=C\C/C=C\C/C=C\C/C=C\C/C=C\C/C=C\C/C=C\C/C=C\C/C=C\CCCC(=O)NC(CO)C(O)/C=C/CC/C=C/CC/C=C/CCCCCCCCCC. The van der Waals surface area contributed by atoms with Gasteiger partial charge in [-0.05, 0) is 109 Å². The van der Waals surface area contributed by atoms with Gasteiger partial charge in [0.15, 0.2) is 0 Å². The third kappa shape index (κ3) is 45.2. The smallest absolute Gasteiger partial charge is 0.220 e. The maximum Gasteiger partial charge on any atom is 0.220 e. The summed E-state index contributed by atoms with van der Waals surface area (Å²) in [6.45, 7) is 4.13. The van der Waals surface area contributed by atoms with Gasteiger partial charge < -0.3 is 15.5 Å². The predicted octanol–water partition coefficient (Wildman–Crippen LogP) is 15.3. The Hall–Kier alpha value is -3.73. The van der Waals surface area contributed by atoms with Gasteiger partial charge in [0.05, 0.1) is 18.8 Å². The highest BCUT2D eigenvalue weighted by Gasteiger charge is 2.17. The Morgan fingerprint density at radius 3 is 1.19 bits per heavy atom. The minimum atomic E-state index is -0.905. The van der Waals surface area contributed by atoms with Gasteiger partial charge in [0.1, 0.15) is 0 Å². The molecule has 0 bridgehead atoms. The van der Waals surface area contributed by atoms with Gasteiger partial charge in [-0.2, -0.15) is 0 Å². The second kappa shape index (κ2) is 48.6. The number of allylic oxidation sites excluding steroid dienone is 23. The summed E-state index contributed by atoms with van der Waals surface area (Å²) in [5.74, 6) is -0.143. The van der Waals surface area contributed by atoms with Crippen molar-refractivity contribution in [3.63, 3.8) is 0 Å². The predicted molar refractivity (Wildman–Crippen MR) is 261 cm³/mol. The van der Waals surface area contributed by atoms with Crippen LogP contribution >= 0.6 is 0 Å². The molecule has 0 aromatic heterocycles. The van der Waals surface area contributed by atoms with E-state index < -0.39 is 12.1 Å². The van der Waals surface area contributed by atoms with Crippen LogP contribution in [0.25, 0.3) is 0 Å². The molecule has 0 aromatic carbocycles. The van der Waals surface area contributed by atoms with Gasteiger partial charge in [0.2, 0.25) is 5.91 Å². The van der Waals surface area contributed by atoms with Gasteiger partial charge in [-0.15, -0.1) is 0 Å². The number of nitrogens with one attached hydrogen (secondary N) is 1. The fraction of sp³-hybridized carbons (Fsp3) is 0.545. The van der Waals surface area contributed by atoms with Crippen molar-refractivity contribution in [3.05, 3.63) is 146 Å². The van der Waals surface area contributed by atoms with Crippen LogP contribution in [0.1, 0.15) is 174 Å². The zero-order chi connectivity index (χ0) is 42.8. The monoisotopic (exact) mass is 810 g/mol. The van der Waals surface area contributed by atoms with E-state index in [-0.39, 0.29) is 12.5 Å². The van der Waals surface area contributed by atoms with Crippen LogP contribution in [0.15, 0.2) is 146 Å². The van der Waals surface area contributed by atoms with Gasteiger partial charge in [0.25, 0.3) is 0 Å². The van der Waals surface area contributed by atoms with Crippen molar-refractivity contribution in [3.8, 4) is 0 Å². The minimum Gasteiger partial charge on any atom is -0.394 e. The van der Waals surface area contributed by atoms with E-state index >= 15 is 0 Å². The first-order valence-corrected chi connectivity index (χ1v) is 23.5. The maximum atomic E-state index is 12.4. The van der Waals surface area contributed by atoms with Crippen LogP contribution in [0.4, 0.5) is 0 Å². The molecular weight excluding hydrogens is 723 g/mol. The van der Waals surface area contributed by atoms with E-state index in [4.69, 9.17) is 0 Å². The van der Waals surface area contributed by atoms with Crippen molar-refractivity contribution in [1.82, 2.24) is 5.32 Å². The second-order valence-electron chi connectivity index (χ2n) is 15.1. The third-order valence-corrected chi connectivity index (χ3v) is 9.53. The van der Waals surface area contributed by atoms with Crippen molar-refractivity contribution >= 4 is 5.91 Å². The lowest BCUT2D eigenvalue weighted by Crippen LogP contribution is -2.45. The third-order valence-electron chi connectivity index (χ3n) is 9.53. The zero-order valence-electron chi connectivity index (χ0n) is 37.7. The van der Waals surface area contributed by atoms with Gasteiger partial charge >= 0.3 is 0 Å². The Kier molecular flexibility index (Phi) is 45.6. The second-order valence-corrected chi connectivity index (χ2v) is 15.1. The lowest BCUT2D eigenvalue weighted by molar-refractivity contribution is -0.122. The van der Waals surface area contributed by atoms with E-state index in [1.807, 2.05) is 6.08 Å². The summed E-state index contributed by atoms with van der Waals surface area (Å²) in [6, 6.07) is -0.688. The molecule has 0 aromatic rings. The van der Waals surface area contributed by atoms with E-state index in [9.17, 15) is 15.0 Å². The number of carbonyl (C=O) groups is 1. The van der Waals surface area contributed by atoms with Gasteiger partial charge in [0, 0.05) is 6.42 Å². The van der Waals surface area contributed by atoms with Crippen LogP contribution in [0.5, 0.6) is 0 Å². The molecule has 0 rings (SSSR count). The first-order chi connectivity index (χ1) is 29.2. The largest absolute Gasteiger partial charge is 0.394 e. The Morgan fingerprint density at radius 1 is 0.424 bits per heavy atom. The molecule has 59 heavy (non-hydrogen) atoms. The van der Waals surface area contributed by atoms with Crippen molar-refractivity contribution in [1.29, 1.82) is 0 Å². The van der Waals surface area contributed by atoms with Crippen LogP contribution in [0.3, 0.4) is 0 Å². The molecule has 0 aliphatic rings. The molecule has 0 fully saturated rings. The standard InChI is InChI=1S/C55H87NO3/c1-3-5-7-9-11-13-15-17-19-21-23-24-25-26-27-28-29-30-31-32-33-35-37-39-41-43-45-47-49-51-55(59)56-53(52-57)54(58)50-48-46-44-42-40-38-36-34-22-20-18-16-14-12-10-8-6-4-2/h5,7,11,13,17,19,22-24,26-27,29-30,32-34,37,39-40,42-43,45,48,50,53-54,57-58H,3-4,6,8-10,12,14-16,18,20-21,25,28,31,35-36,38,41,44,46-47,49,51-52H2,1-2H3,(H,56,59)/b7-5-,13-11-,19-17-,24-23-,27-26-,30-29-,33-32-,34-22+,39-37-,42-40+,45-43-,50-48+. The highest BCUT2D eigenvalue weighted by molar-refractivity contribution is 5.76. The van der Waals surface area contributed by atoms with Crippen molar-refractivity contribution < 1.29 is 15.0 Å². The summed E-state index contributed by atoms with van der Waals surface area (Å²) in [5.41, 5.74) is 0. The van der Waals surface area contributed by atoms with Crippen molar-refractivity contribution in [2.75, 3.05) is 6.61 Å². The average Bonchev–Trinajstić information content (AvgIpc) is 3.24. The Bertz CT molecular complexity index is 1280. The molecule has 2 atom stereocenters. The highest BCUT2D eigenvalue weighted by atomic mass is 16.3. The summed E-state index contributed by atoms with van der Waals surface area (Å²) in [5, 5.41) is 23.0. The topological polar surface area (TPSA) is 69.6 Å². The van der Waals surface area contributed by atoms with E-state index in [1.54, 1.807) is 6.08 Å². The minimum absolute atomic E-state index is 0.143. The van der Waals surface area contributed by atoms with Gasteiger partial charge in [-0.1, -0.05) is 205 Å².